The lowest BCUT2D eigenvalue weighted by Crippen LogP contribution is -2.14. The summed E-state index contributed by atoms with van der Waals surface area (Å²) in [5.74, 6) is 0.206. The molecule has 0 aliphatic heterocycles. The Morgan fingerprint density at radius 1 is 1.27 bits per heavy atom. The fourth-order valence-electron chi connectivity index (χ4n) is 2.76. The number of benzene rings is 2. The molecular formula is C19H17N5OS. The first-order valence-electron chi connectivity index (χ1n) is 8.16. The van der Waals surface area contributed by atoms with E-state index in [1.165, 1.54) is 11.8 Å². The number of hydrogen-bond donors (Lipinski definition) is 2. The molecule has 2 aromatic heterocycles. The van der Waals surface area contributed by atoms with Crippen molar-refractivity contribution in [3.63, 3.8) is 0 Å². The van der Waals surface area contributed by atoms with Gasteiger partial charge in [0.1, 0.15) is 0 Å². The van der Waals surface area contributed by atoms with E-state index in [-0.39, 0.29) is 11.7 Å². The van der Waals surface area contributed by atoms with Crippen LogP contribution in [0.1, 0.15) is 5.56 Å². The van der Waals surface area contributed by atoms with E-state index >= 15 is 0 Å². The number of fused-ring (bicyclic) bond motifs is 1. The van der Waals surface area contributed by atoms with Crippen LogP contribution in [0.3, 0.4) is 0 Å². The molecule has 2 N–H and O–H groups in total. The molecule has 6 nitrogen and oxygen atoms in total. The van der Waals surface area contributed by atoms with Crippen molar-refractivity contribution < 1.29 is 4.79 Å². The van der Waals surface area contributed by atoms with E-state index < -0.39 is 0 Å². The number of anilines is 1. The summed E-state index contributed by atoms with van der Waals surface area (Å²) in [4.78, 5) is 16.7. The van der Waals surface area contributed by atoms with Crippen molar-refractivity contribution in [2.24, 2.45) is 0 Å². The Labute approximate surface area is 154 Å². The first kappa shape index (κ1) is 16.4. The van der Waals surface area contributed by atoms with Gasteiger partial charge >= 0.3 is 0 Å². The van der Waals surface area contributed by atoms with Gasteiger partial charge in [-0.15, -0.1) is 0 Å². The minimum atomic E-state index is -0.0757. The van der Waals surface area contributed by atoms with E-state index in [0.717, 1.165) is 33.0 Å². The van der Waals surface area contributed by atoms with Gasteiger partial charge in [-0.2, -0.15) is 5.10 Å². The zero-order valence-corrected chi connectivity index (χ0v) is 15.0. The van der Waals surface area contributed by atoms with Crippen molar-refractivity contribution in [1.82, 2.24) is 19.7 Å². The fourth-order valence-corrected chi connectivity index (χ4v) is 3.52. The van der Waals surface area contributed by atoms with Gasteiger partial charge in [0.05, 0.1) is 23.2 Å². The zero-order valence-electron chi connectivity index (χ0n) is 14.1. The number of nitrogens with zero attached hydrogens (tertiary/aromatic N) is 3. The number of amides is 1. The van der Waals surface area contributed by atoms with Crippen LogP contribution in [-0.2, 0) is 4.79 Å². The highest BCUT2D eigenvalue weighted by Crippen LogP contribution is 2.23. The predicted octanol–water partition coefficient (Wildman–Crippen LogP) is 3.79. The molecule has 0 radical (unpaired) electrons. The summed E-state index contributed by atoms with van der Waals surface area (Å²) in [6.07, 6.45) is 5.41. The minimum Gasteiger partial charge on any atom is -0.325 e. The predicted molar refractivity (Wildman–Crippen MR) is 104 cm³/mol. The van der Waals surface area contributed by atoms with Gasteiger partial charge in [-0.25, -0.2) is 4.98 Å². The maximum atomic E-state index is 12.3. The molecule has 0 fully saturated rings. The number of aryl methyl sites for hydroxylation is 1. The van der Waals surface area contributed by atoms with Crippen molar-refractivity contribution in [1.29, 1.82) is 0 Å². The Bertz CT molecular complexity index is 1070. The van der Waals surface area contributed by atoms with Crippen LogP contribution in [0.15, 0.2) is 66.2 Å². The van der Waals surface area contributed by atoms with Gasteiger partial charge in [0.2, 0.25) is 5.91 Å². The number of carbonyl (C=O) groups is 1. The molecular weight excluding hydrogens is 346 g/mol. The average Bonchev–Trinajstić information content (AvgIpc) is 3.29. The van der Waals surface area contributed by atoms with Crippen LogP contribution in [0, 0.1) is 6.92 Å². The van der Waals surface area contributed by atoms with Crippen molar-refractivity contribution in [3.8, 4) is 5.69 Å². The van der Waals surface area contributed by atoms with Gasteiger partial charge in [0.15, 0.2) is 5.16 Å². The topological polar surface area (TPSA) is 75.6 Å². The lowest BCUT2D eigenvalue weighted by atomic mass is 10.2. The van der Waals surface area contributed by atoms with Crippen molar-refractivity contribution in [2.75, 3.05) is 11.1 Å². The number of rotatable bonds is 5. The molecule has 7 heteroatoms. The van der Waals surface area contributed by atoms with Crippen LogP contribution in [0.5, 0.6) is 0 Å². The number of H-pyrrole nitrogens is 1. The van der Waals surface area contributed by atoms with Crippen molar-refractivity contribution in [2.45, 2.75) is 12.1 Å². The second kappa shape index (κ2) is 7.05. The number of nitrogens with one attached hydrogen (secondary N) is 2. The number of aromatic nitrogens is 4. The molecule has 4 aromatic rings. The fraction of sp³-hybridized carbons (Fsp3) is 0.105. The van der Waals surface area contributed by atoms with E-state index in [9.17, 15) is 4.79 Å². The van der Waals surface area contributed by atoms with Crippen molar-refractivity contribution >= 4 is 34.3 Å². The van der Waals surface area contributed by atoms with Crippen LogP contribution in [0.25, 0.3) is 16.6 Å². The van der Waals surface area contributed by atoms with Crippen LogP contribution in [0.2, 0.25) is 0 Å². The molecule has 26 heavy (non-hydrogen) atoms. The lowest BCUT2D eigenvalue weighted by Gasteiger charge is -2.10. The number of aromatic amines is 1. The zero-order chi connectivity index (χ0) is 17.9. The van der Waals surface area contributed by atoms with E-state index in [4.69, 9.17) is 0 Å². The number of para-hydroxylation sites is 1. The van der Waals surface area contributed by atoms with Crippen LogP contribution in [0.4, 0.5) is 5.69 Å². The first-order chi connectivity index (χ1) is 12.7. The molecule has 0 aliphatic carbocycles. The molecule has 1 amide bonds. The van der Waals surface area contributed by atoms with Gasteiger partial charge < -0.3 is 5.32 Å². The molecule has 0 spiro atoms. The van der Waals surface area contributed by atoms with Gasteiger partial charge in [0, 0.05) is 23.5 Å². The Kier molecular flexibility index (Phi) is 4.45. The number of carbonyl (C=O) groups excluding carboxylic acids is 1. The smallest absolute Gasteiger partial charge is 0.234 e. The molecule has 0 aliphatic rings. The molecule has 0 atom stereocenters. The summed E-state index contributed by atoms with van der Waals surface area (Å²) in [5.41, 5.74) is 3.86. The summed E-state index contributed by atoms with van der Waals surface area (Å²) in [7, 11) is 0. The SMILES string of the molecule is Cc1ccccc1-n1ccnc1SCC(=O)Nc1ccc2cn[nH]c2c1. The standard InChI is InChI=1S/C19H17N5OS/c1-13-4-2-3-5-17(13)24-9-8-20-19(24)26-12-18(25)22-15-7-6-14-11-21-23-16(14)10-15/h2-11H,12H2,1H3,(H,21,23)(H,22,25). The highest BCUT2D eigenvalue weighted by Gasteiger charge is 2.11. The number of hydrogen-bond acceptors (Lipinski definition) is 4. The van der Waals surface area contributed by atoms with E-state index in [0.29, 0.717) is 0 Å². The monoisotopic (exact) mass is 363 g/mol. The number of imidazole rings is 1. The highest BCUT2D eigenvalue weighted by atomic mass is 32.2. The highest BCUT2D eigenvalue weighted by molar-refractivity contribution is 7.99. The Hall–Kier alpha value is -3.06. The number of thioether (sulfide) groups is 1. The molecule has 0 unspecified atom stereocenters. The second-order valence-electron chi connectivity index (χ2n) is 5.88. The molecule has 0 saturated heterocycles. The molecule has 2 heterocycles. The largest absolute Gasteiger partial charge is 0.325 e. The van der Waals surface area contributed by atoms with E-state index in [1.54, 1.807) is 12.4 Å². The van der Waals surface area contributed by atoms with Crippen LogP contribution < -0.4 is 5.32 Å². The maximum absolute atomic E-state index is 12.3. The molecule has 0 saturated carbocycles. The Balaban J connectivity index is 1.44. The summed E-state index contributed by atoms with van der Waals surface area (Å²) in [6.45, 7) is 2.06. The quantitative estimate of drug-likeness (QED) is 0.529. The summed E-state index contributed by atoms with van der Waals surface area (Å²) >= 11 is 1.41. The molecule has 4 rings (SSSR count). The van der Waals surface area contributed by atoms with Crippen LogP contribution in [-0.4, -0.2) is 31.4 Å². The van der Waals surface area contributed by atoms with E-state index in [2.05, 4.69) is 33.5 Å². The normalized spacial score (nSPS) is 11.0. The Morgan fingerprint density at radius 3 is 3.04 bits per heavy atom. The Morgan fingerprint density at radius 2 is 2.15 bits per heavy atom. The van der Waals surface area contributed by atoms with E-state index in [1.807, 2.05) is 47.2 Å². The summed E-state index contributed by atoms with van der Waals surface area (Å²) in [5, 5.41) is 11.6. The average molecular weight is 363 g/mol. The third kappa shape index (κ3) is 3.34. The molecule has 2 aromatic carbocycles. The van der Waals surface area contributed by atoms with Gasteiger partial charge in [-0.1, -0.05) is 30.0 Å². The van der Waals surface area contributed by atoms with Gasteiger partial charge in [-0.05, 0) is 36.8 Å². The third-order valence-corrected chi connectivity index (χ3v) is 5.01. The van der Waals surface area contributed by atoms with Gasteiger partial charge in [0.25, 0.3) is 0 Å². The minimum absolute atomic E-state index is 0.0757. The molecule has 0 bridgehead atoms. The molecule has 130 valence electrons. The second-order valence-corrected chi connectivity index (χ2v) is 6.82. The maximum Gasteiger partial charge on any atom is 0.234 e. The summed E-state index contributed by atoms with van der Waals surface area (Å²) in [6, 6.07) is 13.8. The lowest BCUT2D eigenvalue weighted by molar-refractivity contribution is -0.113. The first-order valence-corrected chi connectivity index (χ1v) is 9.14. The third-order valence-electron chi connectivity index (χ3n) is 4.04. The van der Waals surface area contributed by atoms with Crippen molar-refractivity contribution in [3.05, 3.63) is 66.6 Å². The van der Waals surface area contributed by atoms with Gasteiger partial charge in [-0.3, -0.25) is 14.5 Å². The van der Waals surface area contributed by atoms with Crippen LogP contribution >= 0.6 is 11.8 Å². The summed E-state index contributed by atoms with van der Waals surface area (Å²) < 4.78 is 2.00.